The number of hydrogen-bond acceptors (Lipinski definition) is 5. The Kier molecular flexibility index (Phi) is 5.48. The fourth-order valence-electron chi connectivity index (χ4n) is 2.08. The third-order valence-electron chi connectivity index (χ3n) is 3.23. The predicted octanol–water partition coefficient (Wildman–Crippen LogP) is 4.84. The van der Waals surface area contributed by atoms with Crippen LogP contribution >= 0.6 is 34.4 Å². The summed E-state index contributed by atoms with van der Waals surface area (Å²) in [6.07, 6.45) is 0. The molecule has 0 aliphatic carbocycles. The predicted molar refractivity (Wildman–Crippen MR) is 99.2 cm³/mol. The number of amides is 1. The van der Waals surface area contributed by atoms with E-state index in [0.717, 1.165) is 15.6 Å². The van der Waals surface area contributed by atoms with Gasteiger partial charge in [0.15, 0.2) is 4.34 Å². The molecular weight excluding hydrogens is 344 g/mol. The Hall–Kier alpha value is -1.63. The van der Waals surface area contributed by atoms with Gasteiger partial charge in [0.05, 0.1) is 17.5 Å². The lowest BCUT2D eigenvalue weighted by Crippen LogP contribution is -2.27. The molecule has 1 atom stereocenters. The second-order valence-electron chi connectivity index (χ2n) is 4.96. The first-order chi connectivity index (χ1) is 11.2. The summed E-state index contributed by atoms with van der Waals surface area (Å²) in [6.45, 7) is 2.01. The number of aromatic nitrogens is 1. The Balaban J connectivity index is 1.52. The van der Waals surface area contributed by atoms with Crippen LogP contribution in [0.3, 0.4) is 0 Å². The first-order valence-corrected chi connectivity index (χ1v) is 9.93. The van der Waals surface area contributed by atoms with E-state index in [-0.39, 0.29) is 11.9 Å². The Bertz CT molecular complexity index is 753. The molecule has 118 valence electrons. The Morgan fingerprint density at radius 2 is 2.04 bits per heavy atom. The van der Waals surface area contributed by atoms with E-state index < -0.39 is 0 Å². The van der Waals surface area contributed by atoms with E-state index >= 15 is 0 Å². The summed E-state index contributed by atoms with van der Waals surface area (Å²) in [5.41, 5.74) is 2.07. The van der Waals surface area contributed by atoms with Gasteiger partial charge in [-0.1, -0.05) is 48.2 Å². The number of thioether (sulfide) groups is 1. The highest BCUT2D eigenvalue weighted by Crippen LogP contribution is 2.28. The minimum Gasteiger partial charge on any atom is -0.348 e. The Morgan fingerprint density at radius 1 is 1.22 bits per heavy atom. The van der Waals surface area contributed by atoms with Crippen LogP contribution in [0.1, 0.15) is 17.8 Å². The van der Waals surface area contributed by atoms with Crippen molar-refractivity contribution >= 4 is 40.3 Å². The molecule has 0 saturated carbocycles. The standard InChI is InChI=1S/C17H16N2OS3/c1-12(15-8-5-9-21-15)18-16(20)11-23-17-19-14(10-22-17)13-6-3-2-4-7-13/h2-10,12H,11H2,1H3,(H,18,20)/t12-/m1/s1. The van der Waals surface area contributed by atoms with Crippen LogP contribution in [0, 0.1) is 0 Å². The first kappa shape index (κ1) is 16.2. The van der Waals surface area contributed by atoms with Crippen LogP contribution in [0.15, 0.2) is 57.6 Å². The summed E-state index contributed by atoms with van der Waals surface area (Å²) in [5, 5.41) is 7.07. The average Bonchev–Trinajstić information content (AvgIpc) is 3.25. The van der Waals surface area contributed by atoms with Gasteiger partial charge in [-0.3, -0.25) is 4.79 Å². The number of carbonyl (C=O) groups excluding carboxylic acids is 1. The summed E-state index contributed by atoms with van der Waals surface area (Å²) in [4.78, 5) is 17.8. The highest BCUT2D eigenvalue weighted by Gasteiger charge is 2.12. The van der Waals surface area contributed by atoms with Crippen LogP contribution in [0.25, 0.3) is 11.3 Å². The quantitative estimate of drug-likeness (QED) is 0.640. The fourth-order valence-corrected chi connectivity index (χ4v) is 4.47. The Labute approximate surface area is 147 Å². The Morgan fingerprint density at radius 3 is 2.78 bits per heavy atom. The molecule has 0 spiro atoms. The second-order valence-corrected chi connectivity index (χ2v) is 8.02. The van der Waals surface area contributed by atoms with Crippen molar-refractivity contribution < 1.29 is 4.79 Å². The van der Waals surface area contributed by atoms with Crippen molar-refractivity contribution in [2.75, 3.05) is 5.75 Å². The molecule has 23 heavy (non-hydrogen) atoms. The molecule has 1 aromatic carbocycles. The smallest absolute Gasteiger partial charge is 0.230 e. The maximum atomic E-state index is 12.0. The zero-order valence-corrected chi connectivity index (χ0v) is 15.0. The molecule has 3 aromatic rings. The average molecular weight is 361 g/mol. The fraction of sp³-hybridized carbons (Fsp3) is 0.176. The minimum atomic E-state index is 0.0346. The van der Waals surface area contributed by atoms with Gasteiger partial charge in [-0.05, 0) is 18.4 Å². The second kappa shape index (κ2) is 7.77. The van der Waals surface area contributed by atoms with Gasteiger partial charge in [0.25, 0.3) is 0 Å². The van der Waals surface area contributed by atoms with E-state index in [1.165, 1.54) is 16.6 Å². The van der Waals surface area contributed by atoms with Crippen molar-refractivity contribution in [1.29, 1.82) is 0 Å². The molecule has 1 N–H and O–H groups in total. The summed E-state index contributed by atoms with van der Waals surface area (Å²) in [7, 11) is 0. The van der Waals surface area contributed by atoms with Crippen LogP contribution in [0.4, 0.5) is 0 Å². The lowest BCUT2D eigenvalue weighted by atomic mass is 10.2. The normalized spacial score (nSPS) is 12.0. The molecular formula is C17H16N2OS3. The molecule has 3 nitrogen and oxygen atoms in total. The van der Waals surface area contributed by atoms with Crippen LogP contribution < -0.4 is 5.32 Å². The number of benzene rings is 1. The number of nitrogens with zero attached hydrogens (tertiary/aromatic N) is 1. The minimum absolute atomic E-state index is 0.0346. The van der Waals surface area contributed by atoms with E-state index in [1.54, 1.807) is 22.7 Å². The van der Waals surface area contributed by atoms with E-state index in [4.69, 9.17) is 0 Å². The van der Waals surface area contributed by atoms with Gasteiger partial charge < -0.3 is 5.32 Å². The summed E-state index contributed by atoms with van der Waals surface area (Å²) < 4.78 is 0.919. The largest absolute Gasteiger partial charge is 0.348 e. The molecule has 6 heteroatoms. The number of rotatable bonds is 6. The maximum absolute atomic E-state index is 12.0. The molecule has 3 rings (SSSR count). The highest BCUT2D eigenvalue weighted by molar-refractivity contribution is 8.01. The number of carbonyl (C=O) groups is 1. The molecule has 0 bridgehead atoms. The highest BCUT2D eigenvalue weighted by atomic mass is 32.2. The lowest BCUT2D eigenvalue weighted by molar-refractivity contribution is -0.119. The van der Waals surface area contributed by atoms with Crippen molar-refractivity contribution in [1.82, 2.24) is 10.3 Å². The SMILES string of the molecule is C[C@@H](NC(=O)CSc1nc(-c2ccccc2)cs1)c1cccs1. The van der Waals surface area contributed by atoms with E-state index in [2.05, 4.69) is 10.3 Å². The molecule has 0 aliphatic rings. The third kappa shape index (κ3) is 4.43. The van der Waals surface area contributed by atoms with Crippen molar-refractivity contribution in [3.05, 3.63) is 58.1 Å². The maximum Gasteiger partial charge on any atom is 0.230 e. The topological polar surface area (TPSA) is 42.0 Å². The number of thiophene rings is 1. The van der Waals surface area contributed by atoms with Gasteiger partial charge in [0, 0.05) is 15.8 Å². The van der Waals surface area contributed by atoms with E-state index in [0.29, 0.717) is 5.75 Å². The van der Waals surface area contributed by atoms with Gasteiger partial charge in [-0.25, -0.2) is 4.98 Å². The van der Waals surface area contributed by atoms with Gasteiger partial charge >= 0.3 is 0 Å². The van der Waals surface area contributed by atoms with Crippen LogP contribution in [-0.2, 0) is 4.79 Å². The van der Waals surface area contributed by atoms with Crippen LogP contribution in [0.5, 0.6) is 0 Å². The lowest BCUT2D eigenvalue weighted by Gasteiger charge is -2.11. The van der Waals surface area contributed by atoms with Gasteiger partial charge in [-0.15, -0.1) is 22.7 Å². The summed E-state index contributed by atoms with van der Waals surface area (Å²) >= 11 is 4.72. The summed E-state index contributed by atoms with van der Waals surface area (Å²) in [6, 6.07) is 14.2. The van der Waals surface area contributed by atoms with Gasteiger partial charge in [0.2, 0.25) is 5.91 Å². The molecule has 2 aromatic heterocycles. The molecule has 0 saturated heterocycles. The van der Waals surface area contributed by atoms with Crippen molar-refractivity contribution in [3.8, 4) is 11.3 Å². The molecule has 0 aliphatic heterocycles. The molecule has 2 heterocycles. The zero-order chi connectivity index (χ0) is 16.1. The van der Waals surface area contributed by atoms with Crippen molar-refractivity contribution in [3.63, 3.8) is 0 Å². The molecule has 0 unspecified atom stereocenters. The number of thiazole rings is 1. The van der Waals surface area contributed by atoms with Gasteiger partial charge in [0.1, 0.15) is 0 Å². The monoisotopic (exact) mass is 360 g/mol. The van der Waals surface area contributed by atoms with Crippen molar-refractivity contribution in [2.45, 2.75) is 17.3 Å². The number of nitrogens with one attached hydrogen (secondary N) is 1. The van der Waals surface area contributed by atoms with E-state index in [9.17, 15) is 4.79 Å². The van der Waals surface area contributed by atoms with Crippen LogP contribution in [-0.4, -0.2) is 16.6 Å². The van der Waals surface area contributed by atoms with E-state index in [1.807, 2.05) is 60.1 Å². The molecule has 0 fully saturated rings. The zero-order valence-electron chi connectivity index (χ0n) is 12.6. The molecule has 0 radical (unpaired) electrons. The third-order valence-corrected chi connectivity index (χ3v) is 6.30. The molecule has 1 amide bonds. The number of hydrogen-bond donors (Lipinski definition) is 1. The van der Waals surface area contributed by atoms with Crippen molar-refractivity contribution in [2.24, 2.45) is 0 Å². The first-order valence-electron chi connectivity index (χ1n) is 7.19. The summed E-state index contributed by atoms with van der Waals surface area (Å²) in [5.74, 6) is 0.421. The van der Waals surface area contributed by atoms with Crippen LogP contribution in [0.2, 0.25) is 0 Å². The van der Waals surface area contributed by atoms with Gasteiger partial charge in [-0.2, -0.15) is 0 Å².